The highest BCUT2D eigenvalue weighted by atomic mass is 16.2. The maximum Gasteiger partial charge on any atom is 0.289 e. The second-order valence-electron chi connectivity index (χ2n) is 6.06. The lowest BCUT2D eigenvalue weighted by Crippen LogP contribution is -2.26. The number of anilines is 1. The van der Waals surface area contributed by atoms with Gasteiger partial charge in [0.25, 0.3) is 5.91 Å². The lowest BCUT2D eigenvalue weighted by atomic mass is 10.2. The van der Waals surface area contributed by atoms with Crippen LogP contribution in [0, 0.1) is 13.8 Å². The highest BCUT2D eigenvalue weighted by Gasteiger charge is 2.14. The van der Waals surface area contributed by atoms with Crippen molar-refractivity contribution in [1.82, 2.24) is 25.5 Å². The topological polar surface area (TPSA) is 95.6 Å². The van der Waals surface area contributed by atoms with Crippen molar-refractivity contribution < 1.29 is 4.79 Å². The Hall–Kier alpha value is -3.22. The van der Waals surface area contributed by atoms with E-state index in [1.807, 2.05) is 50.4 Å². The van der Waals surface area contributed by atoms with Gasteiger partial charge in [0.15, 0.2) is 0 Å². The zero-order valence-electron chi connectivity index (χ0n) is 14.9. The standard InChI is InChI=1S/C19H22N6O/c1-13-14(2)24-18(19(26)21-10-15-6-4-3-5-7-15)25-17(13)20-9-8-16-11-22-23-12-16/h3-7,11-12H,8-10H2,1-2H3,(H,21,26)(H,22,23)(H,20,24,25). The number of aromatic nitrogens is 4. The van der Waals surface area contributed by atoms with Gasteiger partial charge in [-0.05, 0) is 31.4 Å². The largest absolute Gasteiger partial charge is 0.369 e. The maximum atomic E-state index is 12.4. The van der Waals surface area contributed by atoms with Crippen LogP contribution < -0.4 is 10.6 Å². The molecule has 7 heteroatoms. The summed E-state index contributed by atoms with van der Waals surface area (Å²) in [6.07, 6.45) is 4.47. The van der Waals surface area contributed by atoms with E-state index in [1.165, 1.54) is 0 Å². The number of hydrogen-bond acceptors (Lipinski definition) is 5. The van der Waals surface area contributed by atoms with E-state index in [9.17, 15) is 4.79 Å². The van der Waals surface area contributed by atoms with Gasteiger partial charge in [0.1, 0.15) is 5.82 Å². The Kier molecular flexibility index (Phi) is 5.58. The van der Waals surface area contributed by atoms with Crippen molar-refractivity contribution in [3.63, 3.8) is 0 Å². The average Bonchev–Trinajstić information content (AvgIpc) is 3.17. The molecule has 2 heterocycles. The van der Waals surface area contributed by atoms with Crippen molar-refractivity contribution >= 4 is 11.7 Å². The Morgan fingerprint density at radius 2 is 1.92 bits per heavy atom. The van der Waals surface area contributed by atoms with Gasteiger partial charge in [-0.2, -0.15) is 5.10 Å². The van der Waals surface area contributed by atoms with E-state index < -0.39 is 0 Å². The van der Waals surface area contributed by atoms with E-state index in [1.54, 1.807) is 6.20 Å². The third-order valence-corrected chi connectivity index (χ3v) is 4.15. The average molecular weight is 350 g/mol. The third-order valence-electron chi connectivity index (χ3n) is 4.15. The zero-order chi connectivity index (χ0) is 18.4. The van der Waals surface area contributed by atoms with Crippen molar-refractivity contribution in [3.05, 3.63) is 70.9 Å². The number of H-pyrrole nitrogens is 1. The van der Waals surface area contributed by atoms with Crippen LogP contribution in [0.5, 0.6) is 0 Å². The molecule has 0 aliphatic heterocycles. The summed E-state index contributed by atoms with van der Waals surface area (Å²) in [5.74, 6) is 0.579. The summed E-state index contributed by atoms with van der Waals surface area (Å²) in [5.41, 5.74) is 3.87. The van der Waals surface area contributed by atoms with Gasteiger partial charge >= 0.3 is 0 Å². The van der Waals surface area contributed by atoms with Gasteiger partial charge in [0, 0.05) is 30.5 Å². The molecular formula is C19H22N6O. The van der Waals surface area contributed by atoms with E-state index >= 15 is 0 Å². The van der Waals surface area contributed by atoms with Gasteiger partial charge in [-0.25, -0.2) is 9.97 Å². The van der Waals surface area contributed by atoms with E-state index in [4.69, 9.17) is 0 Å². The summed E-state index contributed by atoms with van der Waals surface area (Å²) >= 11 is 0. The van der Waals surface area contributed by atoms with E-state index in [2.05, 4.69) is 30.8 Å². The van der Waals surface area contributed by atoms with Gasteiger partial charge in [-0.1, -0.05) is 30.3 Å². The molecule has 0 atom stereocenters. The SMILES string of the molecule is Cc1nc(C(=O)NCc2ccccc2)nc(NCCc2cn[nH]c2)c1C. The number of nitrogens with one attached hydrogen (secondary N) is 3. The molecule has 0 saturated heterocycles. The molecule has 2 aromatic heterocycles. The van der Waals surface area contributed by atoms with Crippen LogP contribution in [0.4, 0.5) is 5.82 Å². The van der Waals surface area contributed by atoms with Crippen molar-refractivity contribution in [2.45, 2.75) is 26.8 Å². The van der Waals surface area contributed by atoms with Crippen molar-refractivity contribution in [1.29, 1.82) is 0 Å². The minimum absolute atomic E-state index is 0.176. The summed E-state index contributed by atoms with van der Waals surface area (Å²) < 4.78 is 0. The molecule has 3 N–H and O–H groups in total. The number of benzene rings is 1. The number of amides is 1. The molecule has 3 rings (SSSR count). The third kappa shape index (κ3) is 4.44. The van der Waals surface area contributed by atoms with Crippen molar-refractivity contribution in [2.75, 3.05) is 11.9 Å². The van der Waals surface area contributed by atoms with Gasteiger partial charge in [-0.15, -0.1) is 0 Å². The van der Waals surface area contributed by atoms with Crippen LogP contribution in [0.2, 0.25) is 0 Å². The van der Waals surface area contributed by atoms with Crippen molar-refractivity contribution in [2.24, 2.45) is 0 Å². The Labute approximate surface area is 152 Å². The highest BCUT2D eigenvalue weighted by molar-refractivity contribution is 5.90. The minimum atomic E-state index is -0.283. The fourth-order valence-electron chi connectivity index (χ4n) is 2.50. The molecule has 1 aromatic carbocycles. The predicted molar refractivity (Wildman–Crippen MR) is 99.9 cm³/mol. The molecule has 0 fully saturated rings. The Bertz CT molecular complexity index is 861. The van der Waals surface area contributed by atoms with Crippen molar-refractivity contribution in [3.8, 4) is 0 Å². The van der Waals surface area contributed by atoms with Gasteiger partial charge < -0.3 is 10.6 Å². The summed E-state index contributed by atoms with van der Waals surface area (Å²) in [5, 5.41) is 12.9. The summed E-state index contributed by atoms with van der Waals surface area (Å²) in [6, 6.07) is 9.75. The number of carbonyl (C=O) groups is 1. The summed E-state index contributed by atoms with van der Waals surface area (Å²) in [6.45, 7) is 4.97. The van der Waals surface area contributed by atoms with Crippen LogP contribution in [0.15, 0.2) is 42.7 Å². The first-order chi connectivity index (χ1) is 12.6. The summed E-state index contributed by atoms with van der Waals surface area (Å²) in [7, 11) is 0. The minimum Gasteiger partial charge on any atom is -0.369 e. The number of nitrogens with zero attached hydrogens (tertiary/aromatic N) is 3. The predicted octanol–water partition coefficient (Wildman–Crippen LogP) is 2.40. The second-order valence-corrected chi connectivity index (χ2v) is 6.06. The molecule has 7 nitrogen and oxygen atoms in total. The molecule has 0 unspecified atom stereocenters. The van der Waals surface area contributed by atoms with E-state index in [0.29, 0.717) is 18.9 Å². The summed E-state index contributed by atoms with van der Waals surface area (Å²) in [4.78, 5) is 21.1. The highest BCUT2D eigenvalue weighted by Crippen LogP contribution is 2.15. The molecular weight excluding hydrogens is 328 g/mol. The molecule has 1 amide bonds. The number of aromatic amines is 1. The van der Waals surface area contributed by atoms with Crippen LogP contribution in [0.3, 0.4) is 0 Å². The van der Waals surface area contributed by atoms with E-state index in [0.717, 1.165) is 28.8 Å². The monoisotopic (exact) mass is 350 g/mol. The first-order valence-corrected chi connectivity index (χ1v) is 8.52. The Balaban J connectivity index is 1.65. The molecule has 0 saturated carbocycles. The number of hydrogen-bond donors (Lipinski definition) is 3. The van der Waals surface area contributed by atoms with Crippen LogP contribution >= 0.6 is 0 Å². The fraction of sp³-hybridized carbons (Fsp3) is 0.263. The van der Waals surface area contributed by atoms with Crippen LogP contribution in [-0.4, -0.2) is 32.6 Å². The Morgan fingerprint density at radius 1 is 1.12 bits per heavy atom. The lowest BCUT2D eigenvalue weighted by Gasteiger charge is -2.12. The molecule has 0 spiro atoms. The van der Waals surface area contributed by atoms with Gasteiger partial charge in [0.2, 0.25) is 5.82 Å². The molecule has 0 aliphatic carbocycles. The molecule has 134 valence electrons. The molecule has 0 radical (unpaired) electrons. The van der Waals surface area contributed by atoms with Crippen LogP contribution in [0.1, 0.15) is 33.0 Å². The number of aryl methyl sites for hydroxylation is 1. The second kappa shape index (κ2) is 8.24. The molecule has 26 heavy (non-hydrogen) atoms. The lowest BCUT2D eigenvalue weighted by molar-refractivity contribution is 0.0940. The normalized spacial score (nSPS) is 10.5. The van der Waals surface area contributed by atoms with Gasteiger partial charge in [0.05, 0.1) is 6.20 Å². The van der Waals surface area contributed by atoms with E-state index in [-0.39, 0.29) is 11.7 Å². The molecule has 3 aromatic rings. The first-order valence-electron chi connectivity index (χ1n) is 8.52. The van der Waals surface area contributed by atoms with Gasteiger partial charge in [-0.3, -0.25) is 9.89 Å². The molecule has 0 bridgehead atoms. The zero-order valence-corrected chi connectivity index (χ0v) is 14.9. The first kappa shape index (κ1) is 17.6. The maximum absolute atomic E-state index is 12.4. The Morgan fingerprint density at radius 3 is 2.65 bits per heavy atom. The quantitative estimate of drug-likeness (QED) is 0.608. The number of carbonyl (C=O) groups excluding carboxylic acids is 1. The van der Waals surface area contributed by atoms with Crippen LogP contribution in [0.25, 0.3) is 0 Å². The molecule has 0 aliphatic rings. The fourth-order valence-corrected chi connectivity index (χ4v) is 2.50. The number of rotatable bonds is 7. The smallest absolute Gasteiger partial charge is 0.289 e. The van der Waals surface area contributed by atoms with Crippen LogP contribution in [-0.2, 0) is 13.0 Å².